The molecule has 142 valence electrons. The smallest absolute Gasteiger partial charge is 0.123 e. The van der Waals surface area contributed by atoms with E-state index in [-0.39, 0.29) is 10.8 Å². The average molecular weight is 355 g/mol. The van der Waals surface area contributed by atoms with Crippen molar-refractivity contribution in [3.63, 3.8) is 0 Å². The highest BCUT2D eigenvalue weighted by molar-refractivity contribution is 5.43. The van der Waals surface area contributed by atoms with Crippen molar-refractivity contribution in [1.82, 2.24) is 0 Å². The van der Waals surface area contributed by atoms with Gasteiger partial charge in [0.1, 0.15) is 24.7 Å². The second kappa shape index (κ2) is 7.73. The third kappa shape index (κ3) is 5.27. The highest BCUT2D eigenvalue weighted by Gasteiger charge is 2.23. The van der Waals surface area contributed by atoms with Crippen molar-refractivity contribution in [1.29, 1.82) is 0 Å². The summed E-state index contributed by atoms with van der Waals surface area (Å²) in [5.74, 6) is 1.88. The van der Waals surface area contributed by atoms with E-state index in [0.717, 1.165) is 17.1 Å². The van der Waals surface area contributed by atoms with Crippen molar-refractivity contribution in [2.75, 3.05) is 13.2 Å². The van der Waals surface area contributed by atoms with Gasteiger partial charge in [0.25, 0.3) is 0 Å². The van der Waals surface area contributed by atoms with Crippen LogP contribution in [0.15, 0.2) is 36.4 Å². The van der Waals surface area contributed by atoms with Gasteiger partial charge in [0.15, 0.2) is 0 Å². The topological polar surface area (TPSA) is 18.5 Å². The Kier molecular flexibility index (Phi) is 6.05. The van der Waals surface area contributed by atoms with Gasteiger partial charge in [0, 0.05) is 0 Å². The fourth-order valence-corrected chi connectivity index (χ4v) is 2.97. The maximum atomic E-state index is 6.09. The average Bonchev–Trinajstić information content (AvgIpc) is 2.51. The second-order valence-electron chi connectivity index (χ2n) is 9.18. The Bertz CT molecular complexity index is 746. The minimum absolute atomic E-state index is 0.0327. The van der Waals surface area contributed by atoms with Crippen LogP contribution in [0.3, 0.4) is 0 Å². The molecule has 0 N–H and O–H groups in total. The molecule has 0 aliphatic heterocycles. The van der Waals surface area contributed by atoms with Crippen LogP contribution in [0.25, 0.3) is 0 Å². The van der Waals surface area contributed by atoms with Crippen LogP contribution in [0, 0.1) is 13.8 Å². The largest absolute Gasteiger partial charge is 0.490 e. The first-order valence-corrected chi connectivity index (χ1v) is 9.46. The SMILES string of the molecule is Cc1ccc(OCCOc2ccc(C(C)(C)C)cc2C(C)(C)C)c(C)c1. The summed E-state index contributed by atoms with van der Waals surface area (Å²) in [6.45, 7) is 18.7. The third-order valence-electron chi connectivity index (χ3n) is 4.58. The Hall–Kier alpha value is -1.96. The van der Waals surface area contributed by atoms with E-state index in [1.165, 1.54) is 16.7 Å². The Morgan fingerprint density at radius 3 is 1.81 bits per heavy atom. The van der Waals surface area contributed by atoms with E-state index in [1.54, 1.807) is 0 Å². The lowest BCUT2D eigenvalue weighted by Gasteiger charge is -2.27. The fourth-order valence-electron chi connectivity index (χ4n) is 2.97. The highest BCUT2D eigenvalue weighted by Crippen LogP contribution is 2.35. The molecule has 0 aliphatic carbocycles. The minimum Gasteiger partial charge on any atom is -0.490 e. The van der Waals surface area contributed by atoms with Crippen molar-refractivity contribution in [3.05, 3.63) is 58.7 Å². The molecule has 0 saturated carbocycles. The molecule has 0 heterocycles. The molecule has 0 saturated heterocycles. The lowest BCUT2D eigenvalue weighted by Crippen LogP contribution is -2.19. The molecule has 2 aromatic carbocycles. The van der Waals surface area contributed by atoms with Crippen LogP contribution in [-0.2, 0) is 10.8 Å². The number of ether oxygens (including phenoxy) is 2. The number of rotatable bonds is 5. The van der Waals surface area contributed by atoms with Crippen LogP contribution in [0.4, 0.5) is 0 Å². The lowest BCUT2D eigenvalue weighted by atomic mass is 9.80. The van der Waals surface area contributed by atoms with E-state index in [4.69, 9.17) is 9.47 Å². The van der Waals surface area contributed by atoms with Gasteiger partial charge in [-0.3, -0.25) is 0 Å². The van der Waals surface area contributed by atoms with E-state index in [1.807, 2.05) is 6.07 Å². The predicted molar refractivity (Wildman–Crippen MR) is 111 cm³/mol. The third-order valence-corrected chi connectivity index (χ3v) is 4.58. The first-order chi connectivity index (χ1) is 12.0. The van der Waals surface area contributed by atoms with Crippen LogP contribution in [-0.4, -0.2) is 13.2 Å². The summed E-state index contributed by atoms with van der Waals surface area (Å²) in [5, 5.41) is 0. The van der Waals surface area contributed by atoms with Gasteiger partial charge < -0.3 is 9.47 Å². The maximum absolute atomic E-state index is 6.09. The van der Waals surface area contributed by atoms with Crippen molar-refractivity contribution in [2.24, 2.45) is 0 Å². The molecular weight excluding hydrogens is 320 g/mol. The molecule has 0 aromatic heterocycles. The summed E-state index contributed by atoms with van der Waals surface area (Å²) >= 11 is 0. The zero-order valence-electron chi connectivity index (χ0n) is 17.7. The second-order valence-corrected chi connectivity index (χ2v) is 9.18. The molecule has 0 spiro atoms. The zero-order valence-corrected chi connectivity index (χ0v) is 17.7. The van der Waals surface area contributed by atoms with Crippen molar-refractivity contribution < 1.29 is 9.47 Å². The Balaban J connectivity index is 2.07. The van der Waals surface area contributed by atoms with E-state index in [0.29, 0.717) is 13.2 Å². The van der Waals surface area contributed by atoms with E-state index < -0.39 is 0 Å². The summed E-state index contributed by atoms with van der Waals surface area (Å²) in [6, 6.07) is 12.8. The molecule has 0 bridgehead atoms. The summed E-state index contributed by atoms with van der Waals surface area (Å²) in [5.41, 5.74) is 5.16. The summed E-state index contributed by atoms with van der Waals surface area (Å²) in [4.78, 5) is 0. The van der Waals surface area contributed by atoms with Crippen LogP contribution in [0.5, 0.6) is 11.5 Å². The zero-order chi connectivity index (χ0) is 19.5. The highest BCUT2D eigenvalue weighted by atomic mass is 16.5. The van der Waals surface area contributed by atoms with Crippen molar-refractivity contribution >= 4 is 0 Å². The number of hydrogen-bond acceptors (Lipinski definition) is 2. The van der Waals surface area contributed by atoms with Gasteiger partial charge >= 0.3 is 0 Å². The summed E-state index contributed by atoms with van der Waals surface area (Å²) < 4.78 is 12.0. The molecular formula is C24H34O2. The number of aryl methyl sites for hydroxylation is 2. The summed E-state index contributed by atoms with van der Waals surface area (Å²) in [7, 11) is 0. The fraction of sp³-hybridized carbons (Fsp3) is 0.500. The number of benzene rings is 2. The van der Waals surface area contributed by atoms with Crippen LogP contribution in [0.2, 0.25) is 0 Å². The van der Waals surface area contributed by atoms with Crippen LogP contribution < -0.4 is 9.47 Å². The first-order valence-electron chi connectivity index (χ1n) is 9.46. The lowest BCUT2D eigenvalue weighted by molar-refractivity contribution is 0.213. The van der Waals surface area contributed by atoms with E-state index >= 15 is 0 Å². The van der Waals surface area contributed by atoms with Gasteiger partial charge in [-0.25, -0.2) is 0 Å². The Labute approximate surface area is 159 Å². The van der Waals surface area contributed by atoms with Gasteiger partial charge in [-0.2, -0.15) is 0 Å². The Morgan fingerprint density at radius 2 is 1.27 bits per heavy atom. The van der Waals surface area contributed by atoms with Gasteiger partial charge in [0.05, 0.1) is 0 Å². The van der Waals surface area contributed by atoms with Gasteiger partial charge in [-0.05, 0) is 53.5 Å². The van der Waals surface area contributed by atoms with Gasteiger partial charge in [-0.15, -0.1) is 0 Å². The molecule has 0 fully saturated rings. The molecule has 0 unspecified atom stereocenters. The molecule has 26 heavy (non-hydrogen) atoms. The number of hydrogen-bond donors (Lipinski definition) is 0. The molecule has 0 amide bonds. The molecule has 2 aromatic rings. The predicted octanol–water partition coefficient (Wildman–Crippen LogP) is 6.36. The van der Waals surface area contributed by atoms with Crippen LogP contribution >= 0.6 is 0 Å². The molecule has 2 rings (SSSR count). The molecule has 0 radical (unpaired) electrons. The molecule has 2 nitrogen and oxygen atoms in total. The van der Waals surface area contributed by atoms with Crippen LogP contribution in [0.1, 0.15) is 63.8 Å². The van der Waals surface area contributed by atoms with Gasteiger partial charge in [0.2, 0.25) is 0 Å². The minimum atomic E-state index is 0.0327. The molecule has 0 atom stereocenters. The van der Waals surface area contributed by atoms with E-state index in [9.17, 15) is 0 Å². The summed E-state index contributed by atoms with van der Waals surface area (Å²) in [6.07, 6.45) is 0. The van der Waals surface area contributed by atoms with Crippen molar-refractivity contribution in [2.45, 2.75) is 66.2 Å². The first kappa shape index (κ1) is 20.4. The standard InChI is InChI=1S/C24H34O2/c1-17-9-11-21(18(2)15-17)25-13-14-26-22-12-10-19(23(3,4)5)16-20(22)24(6,7)8/h9-12,15-16H,13-14H2,1-8H3. The quantitative estimate of drug-likeness (QED) is 0.582. The monoisotopic (exact) mass is 354 g/mol. The normalized spacial score (nSPS) is 12.2. The van der Waals surface area contributed by atoms with E-state index in [2.05, 4.69) is 85.7 Å². The Morgan fingerprint density at radius 1 is 0.692 bits per heavy atom. The molecule has 2 heteroatoms. The molecule has 0 aliphatic rings. The maximum Gasteiger partial charge on any atom is 0.123 e. The van der Waals surface area contributed by atoms with Gasteiger partial charge in [-0.1, -0.05) is 71.4 Å². The van der Waals surface area contributed by atoms with Crippen molar-refractivity contribution in [3.8, 4) is 11.5 Å².